The molecule has 1 aromatic carbocycles. The van der Waals surface area contributed by atoms with Gasteiger partial charge in [0, 0.05) is 43.7 Å². The maximum atomic E-state index is 11.9. The highest BCUT2D eigenvalue weighted by Gasteiger charge is 2.04. The first-order valence-electron chi connectivity index (χ1n) is 6.91. The molecule has 0 radical (unpaired) electrons. The summed E-state index contributed by atoms with van der Waals surface area (Å²) in [4.78, 5) is 32.0. The normalized spacial score (nSPS) is 15.4. The highest BCUT2D eigenvalue weighted by Crippen LogP contribution is 2.18. The van der Waals surface area contributed by atoms with E-state index in [-0.39, 0.29) is 12.2 Å². The van der Waals surface area contributed by atoms with Gasteiger partial charge >= 0.3 is 0 Å². The lowest BCUT2D eigenvalue weighted by Crippen LogP contribution is -2.03. The van der Waals surface area contributed by atoms with Gasteiger partial charge in [-0.05, 0) is 17.7 Å². The molecule has 0 saturated heterocycles. The maximum Gasteiger partial charge on any atom is 0.178 e. The smallest absolute Gasteiger partial charge is 0.178 e. The van der Waals surface area contributed by atoms with Crippen LogP contribution in [0.1, 0.15) is 5.56 Å². The van der Waals surface area contributed by atoms with Crippen LogP contribution in [-0.2, 0) is 11.2 Å². The lowest BCUT2D eigenvalue weighted by atomic mass is 10.1. The molecule has 1 aromatic rings. The van der Waals surface area contributed by atoms with Crippen LogP contribution in [0.3, 0.4) is 0 Å². The lowest BCUT2D eigenvalue weighted by Gasteiger charge is -2.02. The highest BCUT2D eigenvalue weighted by molar-refractivity contribution is 6.28. The molecule has 1 aliphatic rings. The van der Waals surface area contributed by atoms with Gasteiger partial charge in [-0.2, -0.15) is 0 Å². The first-order valence-corrected chi connectivity index (χ1v) is 6.91. The zero-order chi connectivity index (χ0) is 16.2. The first-order chi connectivity index (χ1) is 11.4. The number of carbonyl (C=O) groups is 1. The summed E-state index contributed by atoms with van der Waals surface area (Å²) in [5, 5.41) is 0. The van der Waals surface area contributed by atoms with Crippen LogP contribution in [0.15, 0.2) is 73.9 Å². The van der Waals surface area contributed by atoms with Crippen molar-refractivity contribution in [3.63, 3.8) is 0 Å². The lowest BCUT2D eigenvalue weighted by molar-refractivity contribution is -0.112. The van der Waals surface area contributed by atoms with E-state index < -0.39 is 0 Å². The van der Waals surface area contributed by atoms with Crippen molar-refractivity contribution in [2.75, 3.05) is 0 Å². The summed E-state index contributed by atoms with van der Waals surface area (Å²) in [6, 6.07) is 7.44. The zero-order valence-electron chi connectivity index (χ0n) is 12.4. The van der Waals surface area contributed by atoms with Crippen molar-refractivity contribution in [3.05, 3.63) is 54.5 Å². The summed E-state index contributed by atoms with van der Waals surface area (Å²) in [6.07, 6.45) is 13.7. The Bertz CT molecular complexity index is 739. The number of Topliss-reactive ketones (excluding diaryl/α,β-unsaturated/α-hetero) is 1. The van der Waals surface area contributed by atoms with Gasteiger partial charge in [-0.25, -0.2) is 9.98 Å². The van der Waals surface area contributed by atoms with Gasteiger partial charge in [-0.1, -0.05) is 18.2 Å². The van der Waals surface area contributed by atoms with Crippen molar-refractivity contribution in [3.8, 4) is 0 Å². The van der Waals surface area contributed by atoms with E-state index in [0.29, 0.717) is 0 Å². The standard InChI is InChI=1S/C17H15N5O/c23-16-12-15-4-1-2-5-17(15)22-11-10-21-14-20-7-3-6-18-8-9-19-13-16/h1-11,13-14H,12H2. The van der Waals surface area contributed by atoms with Crippen LogP contribution in [-0.4, -0.2) is 37.0 Å². The summed E-state index contributed by atoms with van der Waals surface area (Å²) in [7, 11) is 0. The van der Waals surface area contributed by atoms with Gasteiger partial charge in [0.05, 0.1) is 11.9 Å². The van der Waals surface area contributed by atoms with E-state index >= 15 is 0 Å². The molecule has 1 aliphatic heterocycles. The summed E-state index contributed by atoms with van der Waals surface area (Å²) in [5.74, 6) is -0.108. The molecule has 114 valence electrons. The first kappa shape index (κ1) is 16.1. The van der Waals surface area contributed by atoms with E-state index in [1.54, 1.807) is 24.7 Å². The Balaban J connectivity index is 2.24. The molecule has 0 fully saturated rings. The molecule has 0 amide bonds. The van der Waals surface area contributed by atoms with Crippen LogP contribution in [0.5, 0.6) is 0 Å². The Morgan fingerprint density at radius 1 is 0.826 bits per heavy atom. The van der Waals surface area contributed by atoms with Gasteiger partial charge in [0.2, 0.25) is 0 Å². The molecular formula is C17H15N5O. The molecule has 0 spiro atoms. The molecule has 23 heavy (non-hydrogen) atoms. The molecule has 0 N–H and O–H groups in total. The van der Waals surface area contributed by atoms with Crippen molar-refractivity contribution in [1.82, 2.24) is 0 Å². The van der Waals surface area contributed by atoms with E-state index in [1.807, 2.05) is 24.3 Å². The molecular weight excluding hydrogens is 290 g/mol. The van der Waals surface area contributed by atoms with Crippen LogP contribution in [0.25, 0.3) is 0 Å². The number of nitrogens with zero attached hydrogens (tertiary/aromatic N) is 5. The minimum absolute atomic E-state index is 0.108. The van der Waals surface area contributed by atoms with E-state index in [1.165, 1.54) is 31.2 Å². The van der Waals surface area contributed by atoms with Gasteiger partial charge in [0.25, 0.3) is 0 Å². The number of aliphatic imine (C=N–C) groups is 5. The van der Waals surface area contributed by atoms with Gasteiger partial charge < -0.3 is 0 Å². The molecule has 0 aliphatic carbocycles. The van der Waals surface area contributed by atoms with Gasteiger partial charge in [-0.3, -0.25) is 19.8 Å². The Kier molecular flexibility index (Phi) is 6.73. The van der Waals surface area contributed by atoms with E-state index in [9.17, 15) is 4.79 Å². The second kappa shape index (κ2) is 9.62. The second-order valence-corrected chi connectivity index (χ2v) is 4.33. The van der Waals surface area contributed by atoms with Crippen molar-refractivity contribution < 1.29 is 4.79 Å². The Morgan fingerprint density at radius 2 is 1.70 bits per heavy atom. The van der Waals surface area contributed by atoms with Crippen LogP contribution >= 0.6 is 0 Å². The van der Waals surface area contributed by atoms with Gasteiger partial charge in [0.15, 0.2) is 5.78 Å². The molecule has 0 unspecified atom stereocenters. The third-order valence-electron chi connectivity index (χ3n) is 2.66. The molecule has 0 atom stereocenters. The summed E-state index contributed by atoms with van der Waals surface area (Å²) < 4.78 is 0. The molecule has 6 nitrogen and oxygen atoms in total. The van der Waals surface area contributed by atoms with Crippen LogP contribution in [0.4, 0.5) is 5.69 Å². The number of benzene rings is 1. The molecule has 0 bridgehead atoms. The predicted octanol–water partition coefficient (Wildman–Crippen LogP) is 2.74. The topological polar surface area (TPSA) is 78.9 Å². The largest absolute Gasteiger partial charge is 0.293 e. The third kappa shape index (κ3) is 6.34. The van der Waals surface area contributed by atoms with Crippen molar-refractivity contribution in [2.24, 2.45) is 25.0 Å². The monoisotopic (exact) mass is 305 g/mol. The number of rotatable bonds is 0. The Hall–Kier alpha value is -3.28. The number of fused-ring (bicyclic) bond motifs is 1. The maximum absolute atomic E-state index is 11.9. The Morgan fingerprint density at radius 3 is 2.65 bits per heavy atom. The molecule has 1 heterocycles. The highest BCUT2D eigenvalue weighted by atomic mass is 16.1. The van der Waals surface area contributed by atoms with Crippen LogP contribution in [0.2, 0.25) is 0 Å². The van der Waals surface area contributed by atoms with Crippen LogP contribution in [0, 0.1) is 0 Å². The average molecular weight is 305 g/mol. The number of ketones is 1. The number of para-hydroxylation sites is 1. The number of hydrogen-bond acceptors (Lipinski definition) is 6. The second-order valence-electron chi connectivity index (χ2n) is 4.33. The molecule has 6 heteroatoms. The minimum Gasteiger partial charge on any atom is -0.293 e. The van der Waals surface area contributed by atoms with Crippen molar-refractivity contribution in [2.45, 2.75) is 6.42 Å². The zero-order valence-corrected chi connectivity index (χ0v) is 12.4. The van der Waals surface area contributed by atoms with Crippen LogP contribution < -0.4 is 0 Å². The number of hydrogen-bond donors (Lipinski definition) is 0. The minimum atomic E-state index is -0.108. The molecule has 0 saturated carbocycles. The summed E-state index contributed by atoms with van der Waals surface area (Å²) in [5.41, 5.74) is 1.55. The van der Waals surface area contributed by atoms with Crippen molar-refractivity contribution >= 4 is 42.7 Å². The average Bonchev–Trinajstić information content (AvgIpc) is 2.56. The fourth-order valence-corrected chi connectivity index (χ4v) is 1.68. The fraction of sp³-hybridized carbons (Fsp3) is 0.0588. The van der Waals surface area contributed by atoms with E-state index in [2.05, 4.69) is 25.0 Å². The van der Waals surface area contributed by atoms with E-state index in [0.717, 1.165) is 11.3 Å². The van der Waals surface area contributed by atoms with Crippen molar-refractivity contribution in [1.29, 1.82) is 0 Å². The summed E-state index contributed by atoms with van der Waals surface area (Å²) >= 11 is 0. The third-order valence-corrected chi connectivity index (χ3v) is 2.66. The number of allylic oxidation sites excluding steroid dienone is 1. The fourth-order valence-electron chi connectivity index (χ4n) is 1.68. The SMILES string of the molecule is O=C1C=NC=CN=CC=CN=CN=CC=Nc2ccccc2C1. The molecule has 0 aromatic heterocycles. The Labute approximate surface area is 134 Å². The van der Waals surface area contributed by atoms with E-state index in [4.69, 9.17) is 0 Å². The quantitative estimate of drug-likeness (QED) is 0.725. The molecule has 2 rings (SSSR count). The van der Waals surface area contributed by atoms with Gasteiger partial charge in [-0.15, -0.1) is 0 Å². The predicted molar refractivity (Wildman–Crippen MR) is 95.6 cm³/mol. The summed E-state index contributed by atoms with van der Waals surface area (Å²) in [6.45, 7) is 0. The number of carbonyl (C=O) groups excluding carboxylic acids is 1. The van der Waals surface area contributed by atoms with Gasteiger partial charge in [0.1, 0.15) is 6.34 Å².